The number of ether oxygens (including phenoxy) is 1. The Morgan fingerprint density at radius 2 is 1.62 bits per heavy atom. The predicted molar refractivity (Wildman–Crippen MR) is 123 cm³/mol. The molecule has 0 unspecified atom stereocenters. The summed E-state index contributed by atoms with van der Waals surface area (Å²) in [4.78, 5) is 0. The summed E-state index contributed by atoms with van der Waals surface area (Å²) < 4.78 is 6.57. The van der Waals surface area contributed by atoms with Gasteiger partial charge in [0.25, 0.3) is 0 Å². The van der Waals surface area contributed by atoms with E-state index in [0.717, 1.165) is 29.0 Å². The van der Waals surface area contributed by atoms with Crippen LogP contribution < -0.4 is 10.1 Å². The molecule has 4 aromatic rings. The molecule has 1 N–H and O–H groups in total. The third-order valence-corrected chi connectivity index (χ3v) is 5.36. The number of rotatable bonds is 6. The summed E-state index contributed by atoms with van der Waals surface area (Å²) in [6.45, 7) is 6.47. The number of aryl methyl sites for hydroxylation is 2. The van der Waals surface area contributed by atoms with Gasteiger partial charge in [-0.2, -0.15) is 0 Å². The summed E-state index contributed by atoms with van der Waals surface area (Å²) in [5.41, 5.74) is 4.72. The quantitative estimate of drug-likeness (QED) is 0.370. The number of anilines is 1. The molecule has 4 rings (SSSR count). The van der Waals surface area contributed by atoms with Crippen LogP contribution in [0.2, 0.25) is 0 Å². The van der Waals surface area contributed by atoms with E-state index in [1.807, 2.05) is 6.07 Å². The average molecular weight is 382 g/mol. The molecule has 1 atom stereocenters. The van der Waals surface area contributed by atoms with Crippen LogP contribution in [-0.2, 0) is 6.42 Å². The van der Waals surface area contributed by atoms with Gasteiger partial charge in [0.05, 0.1) is 5.69 Å². The summed E-state index contributed by atoms with van der Waals surface area (Å²) in [6, 6.07) is 29.7. The van der Waals surface area contributed by atoms with E-state index < -0.39 is 0 Å². The minimum atomic E-state index is 0.170. The van der Waals surface area contributed by atoms with Crippen LogP contribution in [0.5, 0.6) is 11.5 Å². The molecule has 0 aliphatic heterocycles. The molecule has 0 heterocycles. The highest BCUT2D eigenvalue weighted by molar-refractivity contribution is 5.93. The lowest BCUT2D eigenvalue weighted by molar-refractivity contribution is 0.483. The van der Waals surface area contributed by atoms with Crippen LogP contribution in [0.15, 0.2) is 84.9 Å². The van der Waals surface area contributed by atoms with Crippen molar-refractivity contribution < 1.29 is 4.74 Å². The molecule has 29 heavy (non-hydrogen) atoms. The Morgan fingerprint density at radius 1 is 0.862 bits per heavy atom. The molecule has 0 saturated heterocycles. The Labute approximate surface area is 173 Å². The van der Waals surface area contributed by atoms with Crippen molar-refractivity contribution in [3.8, 4) is 11.5 Å². The van der Waals surface area contributed by atoms with Crippen molar-refractivity contribution in [1.82, 2.24) is 0 Å². The minimum absolute atomic E-state index is 0.170. The fourth-order valence-electron chi connectivity index (χ4n) is 3.72. The fraction of sp³-hybridized carbons (Fsp3) is 0.185. The van der Waals surface area contributed by atoms with Crippen molar-refractivity contribution in [1.29, 1.82) is 0 Å². The summed E-state index contributed by atoms with van der Waals surface area (Å²) in [6.07, 6.45) is 0.935. The van der Waals surface area contributed by atoms with Gasteiger partial charge in [-0.15, -0.1) is 0 Å². The smallest absolute Gasteiger partial charge is 0.158 e. The standard InChI is InChI=1S/C27H27NO/c1-4-21-18-19(2)14-17-26(21)29-27-24-13-9-8-12-23(24)15-16-25(27)28-20(3)22-10-6-5-7-11-22/h5-18,20,28H,4H2,1-3H3/t20-/m0/s1. The molecule has 0 aliphatic rings. The van der Waals surface area contributed by atoms with Gasteiger partial charge >= 0.3 is 0 Å². The summed E-state index contributed by atoms with van der Waals surface area (Å²) >= 11 is 0. The Morgan fingerprint density at radius 3 is 2.41 bits per heavy atom. The Hall–Kier alpha value is -3.26. The lowest BCUT2D eigenvalue weighted by Gasteiger charge is -2.21. The first kappa shape index (κ1) is 19.1. The maximum absolute atomic E-state index is 6.57. The second-order valence-electron chi connectivity index (χ2n) is 7.51. The zero-order chi connectivity index (χ0) is 20.2. The first-order valence-corrected chi connectivity index (χ1v) is 10.3. The molecule has 146 valence electrons. The van der Waals surface area contributed by atoms with Gasteiger partial charge in [0.1, 0.15) is 5.75 Å². The van der Waals surface area contributed by atoms with E-state index in [9.17, 15) is 0 Å². The average Bonchev–Trinajstić information content (AvgIpc) is 2.76. The van der Waals surface area contributed by atoms with Crippen LogP contribution in [-0.4, -0.2) is 0 Å². The molecule has 2 heteroatoms. The van der Waals surface area contributed by atoms with E-state index >= 15 is 0 Å². The number of nitrogens with one attached hydrogen (secondary N) is 1. The normalized spacial score (nSPS) is 12.0. The minimum Gasteiger partial charge on any atom is -0.454 e. The van der Waals surface area contributed by atoms with E-state index in [1.54, 1.807) is 0 Å². The molecule has 0 spiro atoms. The molecule has 0 bridgehead atoms. The largest absolute Gasteiger partial charge is 0.454 e. The monoisotopic (exact) mass is 381 g/mol. The molecule has 0 aliphatic carbocycles. The van der Waals surface area contributed by atoms with E-state index in [0.29, 0.717) is 0 Å². The summed E-state index contributed by atoms with van der Waals surface area (Å²) in [5.74, 6) is 1.80. The highest BCUT2D eigenvalue weighted by atomic mass is 16.5. The van der Waals surface area contributed by atoms with Crippen molar-refractivity contribution in [2.45, 2.75) is 33.2 Å². The summed E-state index contributed by atoms with van der Waals surface area (Å²) in [5, 5.41) is 5.95. The van der Waals surface area contributed by atoms with E-state index in [4.69, 9.17) is 4.74 Å². The van der Waals surface area contributed by atoms with E-state index in [-0.39, 0.29) is 6.04 Å². The SMILES string of the molecule is CCc1cc(C)ccc1Oc1c(N[C@@H](C)c2ccccc2)ccc2ccccc12. The molecule has 4 aromatic carbocycles. The van der Waals surface area contributed by atoms with E-state index in [2.05, 4.69) is 105 Å². The fourth-order valence-corrected chi connectivity index (χ4v) is 3.72. The van der Waals surface area contributed by atoms with Crippen molar-refractivity contribution in [3.05, 3.63) is 102 Å². The lowest BCUT2D eigenvalue weighted by atomic mass is 10.1. The maximum Gasteiger partial charge on any atom is 0.158 e. The number of hydrogen-bond donors (Lipinski definition) is 1. The molecule has 2 nitrogen and oxygen atoms in total. The second kappa shape index (κ2) is 8.40. The number of benzene rings is 4. The van der Waals surface area contributed by atoms with Gasteiger partial charge in [-0.05, 0) is 48.9 Å². The molecule has 0 amide bonds. The van der Waals surface area contributed by atoms with Crippen LogP contribution in [0.1, 0.15) is 36.6 Å². The highest BCUT2D eigenvalue weighted by Gasteiger charge is 2.15. The van der Waals surface area contributed by atoms with Crippen molar-refractivity contribution in [3.63, 3.8) is 0 Å². The zero-order valence-corrected chi connectivity index (χ0v) is 17.3. The van der Waals surface area contributed by atoms with Gasteiger partial charge in [0.2, 0.25) is 0 Å². The molecule has 0 aromatic heterocycles. The van der Waals surface area contributed by atoms with Gasteiger partial charge < -0.3 is 10.1 Å². The molecular weight excluding hydrogens is 354 g/mol. The third-order valence-electron chi connectivity index (χ3n) is 5.36. The predicted octanol–water partition coefficient (Wildman–Crippen LogP) is 7.68. The molecule has 0 fully saturated rings. The maximum atomic E-state index is 6.57. The summed E-state index contributed by atoms with van der Waals surface area (Å²) in [7, 11) is 0. The van der Waals surface area contributed by atoms with Crippen LogP contribution in [0.3, 0.4) is 0 Å². The Kier molecular flexibility index (Phi) is 5.53. The van der Waals surface area contributed by atoms with E-state index in [1.165, 1.54) is 22.1 Å². The molecular formula is C27H27NO. The van der Waals surface area contributed by atoms with Crippen molar-refractivity contribution in [2.24, 2.45) is 0 Å². The Bertz CT molecular complexity index is 1120. The van der Waals surface area contributed by atoms with Gasteiger partial charge in [0, 0.05) is 11.4 Å². The van der Waals surface area contributed by atoms with Crippen LogP contribution in [0, 0.1) is 6.92 Å². The zero-order valence-electron chi connectivity index (χ0n) is 17.3. The van der Waals surface area contributed by atoms with Crippen molar-refractivity contribution in [2.75, 3.05) is 5.32 Å². The number of fused-ring (bicyclic) bond motifs is 1. The van der Waals surface area contributed by atoms with Crippen LogP contribution in [0.4, 0.5) is 5.69 Å². The van der Waals surface area contributed by atoms with Gasteiger partial charge in [-0.3, -0.25) is 0 Å². The second-order valence-corrected chi connectivity index (χ2v) is 7.51. The van der Waals surface area contributed by atoms with Crippen LogP contribution >= 0.6 is 0 Å². The van der Waals surface area contributed by atoms with Crippen LogP contribution in [0.25, 0.3) is 10.8 Å². The topological polar surface area (TPSA) is 21.3 Å². The van der Waals surface area contributed by atoms with Gasteiger partial charge in [0.15, 0.2) is 5.75 Å². The first-order chi connectivity index (χ1) is 14.2. The molecule has 0 radical (unpaired) electrons. The highest BCUT2D eigenvalue weighted by Crippen LogP contribution is 2.39. The third kappa shape index (κ3) is 4.12. The Balaban J connectivity index is 1.77. The number of hydrogen-bond acceptors (Lipinski definition) is 2. The molecule has 0 saturated carbocycles. The first-order valence-electron chi connectivity index (χ1n) is 10.3. The van der Waals surface area contributed by atoms with Crippen molar-refractivity contribution >= 4 is 16.5 Å². The van der Waals surface area contributed by atoms with Gasteiger partial charge in [-0.25, -0.2) is 0 Å². The lowest BCUT2D eigenvalue weighted by Crippen LogP contribution is -2.07. The van der Waals surface area contributed by atoms with Gasteiger partial charge in [-0.1, -0.05) is 85.3 Å².